The molecule has 114 valence electrons. The summed E-state index contributed by atoms with van der Waals surface area (Å²) < 4.78 is 27.0. The minimum Gasteiger partial charge on any atom is -0.207 e. The molecule has 0 atom stereocenters. The number of hydrogen-bond acceptors (Lipinski definition) is 2. The summed E-state index contributed by atoms with van der Waals surface area (Å²) in [6.07, 6.45) is 4.77. The van der Waals surface area contributed by atoms with E-state index in [1.165, 1.54) is 0 Å². The number of unbranched alkanes of at least 4 members (excludes halogenated alkanes) is 2. The zero-order valence-electron chi connectivity index (χ0n) is 12.9. The van der Waals surface area contributed by atoms with Crippen molar-refractivity contribution in [2.75, 3.05) is 13.1 Å². The normalized spacial score (nSPS) is 12.0. The van der Waals surface area contributed by atoms with Gasteiger partial charge in [0.05, 0.1) is 4.90 Å². The molecule has 0 aliphatic heterocycles. The highest BCUT2D eigenvalue weighted by atomic mass is 32.2. The van der Waals surface area contributed by atoms with Crippen LogP contribution in [0.15, 0.2) is 29.2 Å². The molecule has 3 nitrogen and oxygen atoms in total. The standard InChI is InChI=1S/C16H27NO2S/c1-4-7-13-17(14-8-5-2)20(18,19)16-11-9-15(6-3)10-12-16/h9-12H,4-8,13-14H2,1-3H3. The van der Waals surface area contributed by atoms with Crippen LogP contribution in [0, 0.1) is 0 Å². The molecular weight excluding hydrogens is 270 g/mol. The molecule has 0 amide bonds. The average Bonchev–Trinajstić information content (AvgIpc) is 2.47. The molecule has 1 rings (SSSR count). The molecule has 0 saturated carbocycles. The Balaban J connectivity index is 2.94. The summed E-state index contributed by atoms with van der Waals surface area (Å²) >= 11 is 0. The second kappa shape index (κ2) is 8.42. The van der Waals surface area contributed by atoms with Crippen molar-refractivity contribution in [3.8, 4) is 0 Å². The van der Waals surface area contributed by atoms with Gasteiger partial charge in [0, 0.05) is 13.1 Å². The Labute approximate surface area is 124 Å². The molecule has 0 aliphatic carbocycles. The average molecular weight is 297 g/mol. The van der Waals surface area contributed by atoms with Crippen LogP contribution in [0.25, 0.3) is 0 Å². The van der Waals surface area contributed by atoms with Crippen molar-refractivity contribution in [1.29, 1.82) is 0 Å². The van der Waals surface area contributed by atoms with Gasteiger partial charge in [-0.3, -0.25) is 0 Å². The lowest BCUT2D eigenvalue weighted by Gasteiger charge is -2.22. The first kappa shape index (κ1) is 17.2. The zero-order valence-corrected chi connectivity index (χ0v) is 13.7. The fourth-order valence-corrected chi connectivity index (χ4v) is 3.58. The summed E-state index contributed by atoms with van der Waals surface area (Å²) in [6.45, 7) is 7.47. The number of nitrogens with zero attached hydrogens (tertiary/aromatic N) is 1. The lowest BCUT2D eigenvalue weighted by atomic mass is 10.2. The van der Waals surface area contributed by atoms with E-state index in [1.807, 2.05) is 12.1 Å². The zero-order chi connectivity index (χ0) is 15.0. The third-order valence-corrected chi connectivity index (χ3v) is 5.40. The lowest BCUT2D eigenvalue weighted by molar-refractivity contribution is 0.395. The van der Waals surface area contributed by atoms with Crippen LogP contribution in [-0.2, 0) is 16.4 Å². The Morgan fingerprint density at radius 3 is 1.80 bits per heavy atom. The maximum absolute atomic E-state index is 12.7. The summed E-state index contributed by atoms with van der Waals surface area (Å²) in [7, 11) is -3.34. The van der Waals surface area contributed by atoms with Crippen LogP contribution in [-0.4, -0.2) is 25.8 Å². The second-order valence-electron chi connectivity index (χ2n) is 5.11. The number of sulfonamides is 1. The van der Waals surface area contributed by atoms with Crippen molar-refractivity contribution in [2.45, 2.75) is 57.8 Å². The van der Waals surface area contributed by atoms with Gasteiger partial charge in [-0.15, -0.1) is 0 Å². The summed E-state index contributed by atoms with van der Waals surface area (Å²) in [4.78, 5) is 0.418. The Morgan fingerprint density at radius 1 is 0.900 bits per heavy atom. The first-order chi connectivity index (χ1) is 9.56. The minimum atomic E-state index is -3.34. The molecule has 20 heavy (non-hydrogen) atoms. The Kier molecular flexibility index (Phi) is 7.24. The molecular formula is C16H27NO2S. The van der Waals surface area contributed by atoms with Gasteiger partial charge in [-0.25, -0.2) is 8.42 Å². The fourth-order valence-electron chi connectivity index (χ4n) is 2.07. The molecule has 0 bridgehead atoms. The molecule has 1 aromatic rings. The van der Waals surface area contributed by atoms with Crippen LogP contribution in [0.5, 0.6) is 0 Å². The maximum Gasteiger partial charge on any atom is 0.243 e. The van der Waals surface area contributed by atoms with E-state index in [0.29, 0.717) is 18.0 Å². The summed E-state index contributed by atoms with van der Waals surface area (Å²) in [5.74, 6) is 0. The van der Waals surface area contributed by atoms with Gasteiger partial charge < -0.3 is 0 Å². The largest absolute Gasteiger partial charge is 0.243 e. The van der Waals surface area contributed by atoms with Gasteiger partial charge in [-0.05, 0) is 37.0 Å². The fraction of sp³-hybridized carbons (Fsp3) is 0.625. The van der Waals surface area contributed by atoms with Crippen molar-refractivity contribution in [1.82, 2.24) is 4.31 Å². The van der Waals surface area contributed by atoms with Crippen LogP contribution in [0.1, 0.15) is 52.0 Å². The van der Waals surface area contributed by atoms with Gasteiger partial charge in [-0.1, -0.05) is 45.7 Å². The predicted octanol–water partition coefficient (Wildman–Crippen LogP) is 3.84. The van der Waals surface area contributed by atoms with Crippen LogP contribution < -0.4 is 0 Å². The third-order valence-electron chi connectivity index (χ3n) is 3.49. The van der Waals surface area contributed by atoms with Gasteiger partial charge in [0.2, 0.25) is 10.0 Å². The molecule has 0 aromatic heterocycles. The third kappa shape index (κ3) is 4.60. The van der Waals surface area contributed by atoms with Crippen molar-refractivity contribution in [2.24, 2.45) is 0 Å². The molecule has 0 unspecified atom stereocenters. The van der Waals surface area contributed by atoms with Crippen LogP contribution in [0.3, 0.4) is 0 Å². The molecule has 0 N–H and O–H groups in total. The summed E-state index contributed by atoms with van der Waals surface area (Å²) in [6, 6.07) is 7.29. The highest BCUT2D eigenvalue weighted by molar-refractivity contribution is 7.89. The first-order valence-corrected chi connectivity index (χ1v) is 9.09. The molecule has 0 aliphatic rings. The highest BCUT2D eigenvalue weighted by Crippen LogP contribution is 2.18. The van der Waals surface area contributed by atoms with E-state index >= 15 is 0 Å². The van der Waals surface area contributed by atoms with Crippen LogP contribution in [0.4, 0.5) is 0 Å². The van der Waals surface area contributed by atoms with Gasteiger partial charge >= 0.3 is 0 Å². The molecule has 0 fully saturated rings. The van der Waals surface area contributed by atoms with Gasteiger partial charge in [0.25, 0.3) is 0 Å². The number of benzene rings is 1. The molecule has 1 aromatic carbocycles. The maximum atomic E-state index is 12.7. The quantitative estimate of drug-likeness (QED) is 0.694. The van der Waals surface area contributed by atoms with Crippen LogP contribution in [0.2, 0.25) is 0 Å². The Bertz CT molecular complexity index is 472. The SMILES string of the molecule is CCCCN(CCCC)S(=O)(=O)c1ccc(CC)cc1. The topological polar surface area (TPSA) is 37.4 Å². The number of aryl methyl sites for hydroxylation is 1. The van der Waals surface area contributed by atoms with E-state index < -0.39 is 10.0 Å². The minimum absolute atomic E-state index is 0.418. The molecule has 0 heterocycles. The second-order valence-corrected chi connectivity index (χ2v) is 7.05. The van der Waals surface area contributed by atoms with E-state index in [-0.39, 0.29) is 0 Å². The van der Waals surface area contributed by atoms with E-state index in [1.54, 1.807) is 16.4 Å². The number of hydrogen-bond donors (Lipinski definition) is 0. The Hall–Kier alpha value is -0.870. The monoisotopic (exact) mass is 297 g/mol. The van der Waals surface area contributed by atoms with Crippen molar-refractivity contribution in [3.05, 3.63) is 29.8 Å². The number of rotatable bonds is 9. The van der Waals surface area contributed by atoms with Crippen molar-refractivity contribution >= 4 is 10.0 Å². The van der Waals surface area contributed by atoms with E-state index in [2.05, 4.69) is 20.8 Å². The van der Waals surface area contributed by atoms with E-state index in [0.717, 1.165) is 37.7 Å². The highest BCUT2D eigenvalue weighted by Gasteiger charge is 2.23. The molecule has 0 radical (unpaired) electrons. The smallest absolute Gasteiger partial charge is 0.207 e. The van der Waals surface area contributed by atoms with E-state index in [9.17, 15) is 8.42 Å². The van der Waals surface area contributed by atoms with Crippen molar-refractivity contribution in [3.63, 3.8) is 0 Å². The van der Waals surface area contributed by atoms with Crippen molar-refractivity contribution < 1.29 is 8.42 Å². The predicted molar refractivity (Wildman–Crippen MR) is 84.4 cm³/mol. The first-order valence-electron chi connectivity index (χ1n) is 7.65. The van der Waals surface area contributed by atoms with E-state index in [4.69, 9.17) is 0 Å². The Morgan fingerprint density at radius 2 is 1.40 bits per heavy atom. The van der Waals surface area contributed by atoms with Gasteiger partial charge in [0.15, 0.2) is 0 Å². The van der Waals surface area contributed by atoms with Gasteiger partial charge in [0.1, 0.15) is 0 Å². The molecule has 0 spiro atoms. The molecule has 4 heteroatoms. The molecule has 0 saturated heterocycles. The van der Waals surface area contributed by atoms with Crippen LogP contribution >= 0.6 is 0 Å². The summed E-state index contributed by atoms with van der Waals surface area (Å²) in [5.41, 5.74) is 1.16. The summed E-state index contributed by atoms with van der Waals surface area (Å²) in [5, 5.41) is 0. The van der Waals surface area contributed by atoms with Gasteiger partial charge in [-0.2, -0.15) is 4.31 Å². The lowest BCUT2D eigenvalue weighted by Crippen LogP contribution is -2.33.